The molecule has 150 valence electrons. The molecule has 2 fully saturated rings. The van der Waals surface area contributed by atoms with E-state index in [1.165, 1.54) is 11.1 Å². The molecule has 2 aliphatic heterocycles. The van der Waals surface area contributed by atoms with Gasteiger partial charge in [-0.2, -0.15) is 0 Å². The number of aryl methyl sites for hydroxylation is 1. The fourth-order valence-corrected chi connectivity index (χ4v) is 3.78. The summed E-state index contributed by atoms with van der Waals surface area (Å²) < 4.78 is 0. The molecule has 1 unspecified atom stereocenters. The molecule has 1 aromatic carbocycles. The molecule has 0 radical (unpaired) electrons. The number of nitrogens with one attached hydrogen (secondary N) is 1. The van der Waals surface area contributed by atoms with E-state index in [2.05, 4.69) is 41.4 Å². The molecule has 2 saturated heterocycles. The molecule has 1 aromatic rings. The number of halogens is 1. The van der Waals surface area contributed by atoms with Crippen molar-refractivity contribution in [3.8, 4) is 0 Å². The lowest BCUT2D eigenvalue weighted by atomic mass is 10.0. The quantitative estimate of drug-likeness (QED) is 0.836. The number of nitrogens with zero attached hydrogens (tertiary/aromatic N) is 3. The van der Waals surface area contributed by atoms with Gasteiger partial charge in [-0.05, 0) is 17.5 Å². The zero-order chi connectivity index (χ0) is 18.5. The number of piperazine rings is 2. The highest BCUT2D eigenvalue weighted by Crippen LogP contribution is 2.23. The Kier molecular flexibility index (Phi) is 8.07. The molecule has 0 spiro atoms. The highest BCUT2D eigenvalue weighted by atomic mass is 35.5. The summed E-state index contributed by atoms with van der Waals surface area (Å²) in [6, 6.07) is 8.99. The Bertz CT molecular complexity index is 629. The predicted molar refractivity (Wildman–Crippen MR) is 109 cm³/mol. The van der Waals surface area contributed by atoms with E-state index in [1.54, 1.807) is 6.92 Å². The Morgan fingerprint density at radius 3 is 2.26 bits per heavy atom. The molecule has 0 aliphatic carbocycles. The molecule has 2 amide bonds. The van der Waals surface area contributed by atoms with Crippen LogP contribution in [-0.2, 0) is 16.0 Å². The van der Waals surface area contributed by atoms with Crippen LogP contribution >= 0.6 is 12.4 Å². The molecule has 3 rings (SSSR count). The van der Waals surface area contributed by atoms with E-state index in [-0.39, 0.29) is 30.3 Å². The van der Waals surface area contributed by atoms with Crippen LogP contribution in [0.25, 0.3) is 0 Å². The van der Waals surface area contributed by atoms with Crippen molar-refractivity contribution in [2.75, 3.05) is 52.4 Å². The minimum Gasteiger partial charge on any atom is -0.339 e. The van der Waals surface area contributed by atoms with Crippen LogP contribution in [0.4, 0.5) is 0 Å². The Morgan fingerprint density at radius 2 is 1.67 bits per heavy atom. The lowest BCUT2D eigenvalue weighted by molar-refractivity contribution is -0.139. The van der Waals surface area contributed by atoms with Gasteiger partial charge in [0.25, 0.3) is 0 Å². The molecule has 0 saturated carbocycles. The van der Waals surface area contributed by atoms with Crippen LogP contribution in [0.1, 0.15) is 31.0 Å². The number of amides is 2. The second-order valence-electron chi connectivity index (χ2n) is 7.17. The van der Waals surface area contributed by atoms with E-state index in [4.69, 9.17) is 0 Å². The molecule has 1 atom stereocenters. The number of hydrogen-bond donors (Lipinski definition) is 1. The van der Waals surface area contributed by atoms with Crippen molar-refractivity contribution in [3.05, 3.63) is 35.4 Å². The summed E-state index contributed by atoms with van der Waals surface area (Å²) in [4.78, 5) is 30.2. The number of benzene rings is 1. The Morgan fingerprint density at radius 1 is 1.04 bits per heavy atom. The van der Waals surface area contributed by atoms with Crippen molar-refractivity contribution in [1.82, 2.24) is 20.0 Å². The average Bonchev–Trinajstić information content (AvgIpc) is 2.68. The molecule has 0 bridgehead atoms. The van der Waals surface area contributed by atoms with Crippen molar-refractivity contribution < 1.29 is 9.59 Å². The van der Waals surface area contributed by atoms with E-state index < -0.39 is 0 Å². The van der Waals surface area contributed by atoms with Gasteiger partial charge in [0.1, 0.15) is 0 Å². The fourth-order valence-electron chi connectivity index (χ4n) is 3.78. The molecular weight excluding hydrogens is 364 g/mol. The fraction of sp³-hybridized carbons (Fsp3) is 0.600. The van der Waals surface area contributed by atoms with Crippen molar-refractivity contribution in [1.29, 1.82) is 0 Å². The topological polar surface area (TPSA) is 55.9 Å². The summed E-state index contributed by atoms with van der Waals surface area (Å²) in [5, 5.41) is 3.45. The van der Waals surface area contributed by atoms with E-state index in [0.717, 1.165) is 26.1 Å². The van der Waals surface area contributed by atoms with Gasteiger partial charge < -0.3 is 15.1 Å². The van der Waals surface area contributed by atoms with Crippen LogP contribution in [0.5, 0.6) is 0 Å². The van der Waals surface area contributed by atoms with Gasteiger partial charge in [-0.25, -0.2) is 0 Å². The van der Waals surface area contributed by atoms with E-state index >= 15 is 0 Å². The second kappa shape index (κ2) is 10.1. The lowest BCUT2D eigenvalue weighted by Crippen LogP contribution is -2.54. The molecule has 0 aromatic heterocycles. The Labute approximate surface area is 168 Å². The minimum atomic E-state index is 0. The first kappa shape index (κ1) is 21.7. The molecule has 7 heteroatoms. The van der Waals surface area contributed by atoms with Gasteiger partial charge in [0.05, 0.1) is 6.54 Å². The minimum absolute atomic E-state index is 0. The molecular formula is C20H31ClN4O2. The first-order valence-corrected chi connectivity index (χ1v) is 9.65. The standard InChI is InChI=1S/C20H30N4O2.ClH/c1-3-17-4-6-18(7-5-17)19-14-21-8-9-24(19)15-20(26)23-12-10-22(11-13-23)16(2)25;/h4-7,19,21H,3,8-15H2,1-2H3;1H. The van der Waals surface area contributed by atoms with Gasteiger partial charge in [0, 0.05) is 58.8 Å². The first-order chi connectivity index (χ1) is 12.6. The number of carbonyl (C=O) groups is 2. The van der Waals surface area contributed by atoms with Crippen molar-refractivity contribution >= 4 is 24.2 Å². The maximum atomic E-state index is 12.8. The first-order valence-electron chi connectivity index (χ1n) is 9.65. The third kappa shape index (κ3) is 5.43. The van der Waals surface area contributed by atoms with Gasteiger partial charge in [-0.3, -0.25) is 14.5 Å². The summed E-state index contributed by atoms with van der Waals surface area (Å²) in [5.74, 6) is 0.264. The van der Waals surface area contributed by atoms with Gasteiger partial charge in [0.2, 0.25) is 11.8 Å². The largest absolute Gasteiger partial charge is 0.339 e. The second-order valence-corrected chi connectivity index (χ2v) is 7.17. The van der Waals surface area contributed by atoms with Crippen LogP contribution in [0.3, 0.4) is 0 Å². The van der Waals surface area contributed by atoms with Gasteiger partial charge >= 0.3 is 0 Å². The van der Waals surface area contributed by atoms with E-state index in [9.17, 15) is 9.59 Å². The third-order valence-corrected chi connectivity index (χ3v) is 5.54. The molecule has 2 aliphatic rings. The van der Waals surface area contributed by atoms with Crippen LogP contribution < -0.4 is 5.32 Å². The molecule has 6 nitrogen and oxygen atoms in total. The van der Waals surface area contributed by atoms with Gasteiger partial charge in [-0.1, -0.05) is 31.2 Å². The SMILES string of the molecule is CCc1ccc(C2CNCCN2CC(=O)N2CCN(C(C)=O)CC2)cc1.Cl. The highest BCUT2D eigenvalue weighted by Gasteiger charge is 2.28. The zero-order valence-electron chi connectivity index (χ0n) is 16.3. The van der Waals surface area contributed by atoms with Crippen LogP contribution in [0.15, 0.2) is 24.3 Å². The van der Waals surface area contributed by atoms with Crippen molar-refractivity contribution in [2.24, 2.45) is 0 Å². The van der Waals surface area contributed by atoms with Gasteiger partial charge in [-0.15, -0.1) is 12.4 Å². The smallest absolute Gasteiger partial charge is 0.236 e. The molecule has 1 N–H and O–H groups in total. The van der Waals surface area contributed by atoms with E-state index in [1.807, 2.05) is 9.80 Å². The number of rotatable bonds is 4. The van der Waals surface area contributed by atoms with E-state index in [0.29, 0.717) is 32.7 Å². The monoisotopic (exact) mass is 394 g/mol. The third-order valence-electron chi connectivity index (χ3n) is 5.54. The molecule has 2 heterocycles. The summed E-state index contributed by atoms with van der Waals surface area (Å²) in [7, 11) is 0. The highest BCUT2D eigenvalue weighted by molar-refractivity contribution is 5.85. The van der Waals surface area contributed by atoms with Crippen LogP contribution in [-0.4, -0.2) is 78.9 Å². The van der Waals surface area contributed by atoms with Gasteiger partial charge in [0.15, 0.2) is 0 Å². The summed E-state index contributed by atoms with van der Waals surface area (Å²) in [6.45, 7) is 9.42. The maximum absolute atomic E-state index is 12.8. The summed E-state index contributed by atoms with van der Waals surface area (Å²) >= 11 is 0. The lowest BCUT2D eigenvalue weighted by Gasteiger charge is -2.39. The zero-order valence-corrected chi connectivity index (χ0v) is 17.1. The summed E-state index contributed by atoms with van der Waals surface area (Å²) in [5.41, 5.74) is 2.60. The maximum Gasteiger partial charge on any atom is 0.236 e. The molecule has 27 heavy (non-hydrogen) atoms. The number of carbonyl (C=O) groups excluding carboxylic acids is 2. The van der Waals surface area contributed by atoms with Crippen molar-refractivity contribution in [3.63, 3.8) is 0 Å². The van der Waals surface area contributed by atoms with Crippen molar-refractivity contribution in [2.45, 2.75) is 26.3 Å². The van der Waals surface area contributed by atoms with Crippen LogP contribution in [0.2, 0.25) is 0 Å². The Balaban J connectivity index is 0.00000261. The normalized spacial score (nSPS) is 20.9. The Hall–Kier alpha value is -1.63. The van der Waals surface area contributed by atoms with Crippen LogP contribution in [0, 0.1) is 0 Å². The number of hydrogen-bond acceptors (Lipinski definition) is 4. The average molecular weight is 395 g/mol. The summed E-state index contributed by atoms with van der Waals surface area (Å²) in [6.07, 6.45) is 1.04. The predicted octanol–water partition coefficient (Wildman–Crippen LogP) is 1.31.